The highest BCUT2D eigenvalue weighted by Gasteiger charge is 2.22. The number of aromatic nitrogens is 1. The number of hydrogen-bond donors (Lipinski definition) is 0. The number of carbonyl (C=O) groups is 1. The Balaban J connectivity index is 0.000000392. The number of benzene rings is 3. The zero-order chi connectivity index (χ0) is 37.6. The molecular formula is C45H61FN2OS. The van der Waals surface area contributed by atoms with Crippen LogP contribution in [0.3, 0.4) is 0 Å². The van der Waals surface area contributed by atoms with Gasteiger partial charge < -0.3 is 4.90 Å². The molecule has 0 spiro atoms. The van der Waals surface area contributed by atoms with Crippen LogP contribution in [-0.2, 0) is 18.7 Å². The lowest BCUT2D eigenvalue weighted by Crippen LogP contribution is -2.36. The standard InChI is InChI=1S/C18H20N2O.C16H17FS.C7H12.2C2H6/c1-13(2)15-7-8-17(19-11-15)18(21)20-10-9-14-5-3-4-6-16(14)12-20;1-12(2)14-8-13(9-15(17)10-14)11-18-16-6-4-3-5-7-16;1-5-7(4)6(2)3;2*1-2/h3-8,11,13H,9-10,12H2,1-2H3;3-10,12H,11H2,1-2H3;5-6H,1,4H2,2-3H3;2*1-2H3. The van der Waals surface area contributed by atoms with E-state index in [1.165, 1.54) is 16.0 Å². The van der Waals surface area contributed by atoms with Gasteiger partial charge in [0.2, 0.25) is 0 Å². The van der Waals surface area contributed by atoms with Crippen LogP contribution in [0.25, 0.3) is 0 Å². The first-order valence-electron chi connectivity index (χ1n) is 18.1. The molecule has 1 aromatic heterocycles. The van der Waals surface area contributed by atoms with Crippen LogP contribution in [0.4, 0.5) is 4.39 Å². The van der Waals surface area contributed by atoms with E-state index in [1.807, 2.05) is 75.2 Å². The molecule has 0 N–H and O–H groups in total. The molecule has 50 heavy (non-hydrogen) atoms. The zero-order valence-electron chi connectivity index (χ0n) is 32.3. The molecule has 2 heterocycles. The van der Waals surface area contributed by atoms with Crippen molar-refractivity contribution in [3.8, 4) is 0 Å². The lowest BCUT2D eigenvalue weighted by Gasteiger charge is -2.28. The minimum Gasteiger partial charge on any atom is -0.333 e. The van der Waals surface area contributed by atoms with Crippen LogP contribution in [0, 0.1) is 11.7 Å². The van der Waals surface area contributed by atoms with Crippen LogP contribution in [-0.4, -0.2) is 22.3 Å². The molecule has 1 aliphatic rings. The Bertz CT molecular complexity index is 1560. The molecule has 0 saturated heterocycles. The average Bonchev–Trinajstić information content (AvgIpc) is 3.15. The lowest BCUT2D eigenvalue weighted by molar-refractivity contribution is 0.0728. The number of carbonyl (C=O) groups excluding carboxylic acids is 1. The monoisotopic (exact) mass is 696 g/mol. The molecule has 3 aromatic carbocycles. The molecule has 1 aliphatic heterocycles. The summed E-state index contributed by atoms with van der Waals surface area (Å²) < 4.78 is 13.5. The van der Waals surface area contributed by atoms with Gasteiger partial charge >= 0.3 is 0 Å². The molecule has 0 radical (unpaired) electrons. The van der Waals surface area contributed by atoms with Gasteiger partial charge in [0.15, 0.2) is 0 Å². The highest BCUT2D eigenvalue weighted by Crippen LogP contribution is 2.25. The maximum Gasteiger partial charge on any atom is 0.272 e. The first-order chi connectivity index (χ1) is 24.0. The van der Waals surface area contributed by atoms with Crippen molar-refractivity contribution in [2.45, 2.75) is 105 Å². The molecule has 1 amide bonds. The van der Waals surface area contributed by atoms with E-state index >= 15 is 0 Å². The lowest BCUT2D eigenvalue weighted by atomic mass is 9.99. The van der Waals surface area contributed by atoms with Crippen molar-refractivity contribution < 1.29 is 9.18 Å². The fraction of sp³-hybridized carbons (Fsp3) is 0.378. The van der Waals surface area contributed by atoms with Gasteiger partial charge in [0.25, 0.3) is 5.91 Å². The molecule has 0 bridgehead atoms. The van der Waals surface area contributed by atoms with E-state index < -0.39 is 0 Å². The van der Waals surface area contributed by atoms with Crippen molar-refractivity contribution in [3.63, 3.8) is 0 Å². The van der Waals surface area contributed by atoms with E-state index in [9.17, 15) is 9.18 Å². The quantitative estimate of drug-likeness (QED) is 0.136. The Hall–Kier alpha value is -3.96. The molecule has 270 valence electrons. The second-order valence-electron chi connectivity index (χ2n) is 12.5. The number of amides is 1. The van der Waals surface area contributed by atoms with Gasteiger partial charge in [-0.25, -0.2) is 4.39 Å². The summed E-state index contributed by atoms with van der Waals surface area (Å²) in [6.45, 7) is 29.4. The molecule has 0 saturated carbocycles. The predicted octanol–water partition coefficient (Wildman–Crippen LogP) is 13.1. The topological polar surface area (TPSA) is 33.2 Å². The Morgan fingerprint density at radius 3 is 1.96 bits per heavy atom. The zero-order valence-corrected chi connectivity index (χ0v) is 33.1. The van der Waals surface area contributed by atoms with Crippen LogP contribution in [0.1, 0.15) is 119 Å². The third-order valence-corrected chi connectivity index (χ3v) is 8.97. The minimum absolute atomic E-state index is 0.0276. The molecule has 5 heteroatoms. The van der Waals surface area contributed by atoms with Crippen LogP contribution < -0.4 is 0 Å². The number of hydrogen-bond acceptors (Lipinski definition) is 3. The van der Waals surface area contributed by atoms with E-state index in [4.69, 9.17) is 0 Å². The molecular weight excluding hydrogens is 636 g/mol. The second-order valence-corrected chi connectivity index (χ2v) is 13.5. The van der Waals surface area contributed by atoms with Crippen LogP contribution in [0.2, 0.25) is 0 Å². The van der Waals surface area contributed by atoms with Gasteiger partial charge in [-0.05, 0) is 82.3 Å². The largest absolute Gasteiger partial charge is 0.333 e. The van der Waals surface area contributed by atoms with E-state index in [0.717, 1.165) is 41.0 Å². The number of halogens is 1. The van der Waals surface area contributed by atoms with Gasteiger partial charge in [-0.2, -0.15) is 0 Å². The first-order valence-corrected chi connectivity index (χ1v) is 19.1. The number of pyridine rings is 1. The molecule has 0 atom stereocenters. The normalized spacial score (nSPS) is 11.4. The summed E-state index contributed by atoms with van der Waals surface area (Å²) in [6.07, 6.45) is 4.53. The van der Waals surface area contributed by atoms with Crippen LogP contribution in [0.15, 0.2) is 121 Å². The van der Waals surface area contributed by atoms with Crippen molar-refractivity contribution in [2.24, 2.45) is 5.92 Å². The van der Waals surface area contributed by atoms with Crippen LogP contribution in [0.5, 0.6) is 0 Å². The Morgan fingerprint density at radius 2 is 1.44 bits per heavy atom. The fourth-order valence-electron chi connectivity index (χ4n) is 4.72. The van der Waals surface area contributed by atoms with E-state index in [2.05, 4.69) is 96.1 Å². The minimum atomic E-state index is -0.134. The van der Waals surface area contributed by atoms with Gasteiger partial charge in [-0.1, -0.05) is 149 Å². The van der Waals surface area contributed by atoms with Crippen molar-refractivity contribution in [3.05, 3.63) is 155 Å². The summed E-state index contributed by atoms with van der Waals surface area (Å²) in [6, 6.07) is 27.7. The summed E-state index contributed by atoms with van der Waals surface area (Å²) in [5.74, 6) is 2.05. The van der Waals surface area contributed by atoms with E-state index in [0.29, 0.717) is 30.0 Å². The Morgan fingerprint density at radius 1 is 0.840 bits per heavy atom. The first kappa shape index (κ1) is 44.1. The third kappa shape index (κ3) is 15.3. The predicted molar refractivity (Wildman–Crippen MR) is 217 cm³/mol. The summed E-state index contributed by atoms with van der Waals surface area (Å²) in [5.41, 5.74) is 7.53. The van der Waals surface area contributed by atoms with Gasteiger partial charge in [-0.15, -0.1) is 11.8 Å². The second kappa shape index (κ2) is 24.2. The smallest absolute Gasteiger partial charge is 0.272 e. The summed E-state index contributed by atoms with van der Waals surface area (Å²) in [5, 5.41) is 0. The van der Waals surface area contributed by atoms with Crippen molar-refractivity contribution in [1.29, 1.82) is 0 Å². The Kier molecular flexibility index (Phi) is 21.4. The molecule has 5 rings (SSSR count). The van der Waals surface area contributed by atoms with Crippen molar-refractivity contribution >= 4 is 17.7 Å². The number of thioether (sulfide) groups is 1. The molecule has 0 unspecified atom stereocenters. The fourth-order valence-corrected chi connectivity index (χ4v) is 5.57. The number of rotatable bonds is 8. The SMILES string of the molecule is C=CC(=C)C(C)C.CC.CC.CC(C)c1cc(F)cc(CSc2ccccc2)c1.CC(C)c1ccc(C(=O)N2CCc3ccccc3C2)nc1. The highest BCUT2D eigenvalue weighted by molar-refractivity contribution is 7.98. The third-order valence-electron chi connectivity index (χ3n) is 7.89. The molecule has 0 aliphatic carbocycles. The average molecular weight is 697 g/mol. The summed E-state index contributed by atoms with van der Waals surface area (Å²) >= 11 is 1.74. The van der Waals surface area contributed by atoms with Gasteiger partial charge in [0.05, 0.1) is 0 Å². The van der Waals surface area contributed by atoms with Gasteiger partial charge in [0, 0.05) is 29.9 Å². The van der Waals surface area contributed by atoms with Gasteiger partial charge in [-0.3, -0.25) is 9.78 Å². The van der Waals surface area contributed by atoms with Crippen LogP contribution >= 0.6 is 11.8 Å². The van der Waals surface area contributed by atoms with Crippen molar-refractivity contribution in [2.75, 3.05) is 6.54 Å². The van der Waals surface area contributed by atoms with Gasteiger partial charge in [0.1, 0.15) is 11.5 Å². The number of nitrogens with zero attached hydrogens (tertiary/aromatic N) is 2. The number of allylic oxidation sites excluding steroid dienone is 2. The highest BCUT2D eigenvalue weighted by atomic mass is 32.2. The Labute approximate surface area is 308 Å². The number of fused-ring (bicyclic) bond motifs is 1. The maximum atomic E-state index is 13.5. The summed E-state index contributed by atoms with van der Waals surface area (Å²) in [4.78, 5) is 20.0. The molecule has 0 fully saturated rings. The maximum absolute atomic E-state index is 13.5. The summed E-state index contributed by atoms with van der Waals surface area (Å²) in [7, 11) is 0. The van der Waals surface area contributed by atoms with E-state index in [-0.39, 0.29) is 11.7 Å². The molecule has 4 aromatic rings. The molecule has 3 nitrogen and oxygen atoms in total. The van der Waals surface area contributed by atoms with E-state index in [1.54, 1.807) is 30.0 Å². The van der Waals surface area contributed by atoms with Crippen molar-refractivity contribution in [1.82, 2.24) is 9.88 Å².